The molecular weight excluding hydrogens is 352 g/mol. The largest absolute Gasteiger partial charge is 0.497 e. The van der Waals surface area contributed by atoms with Gasteiger partial charge in [0.25, 0.3) is 5.91 Å². The average molecular weight is 374 g/mol. The Labute approximate surface area is 157 Å². The molecule has 27 heavy (non-hydrogen) atoms. The smallest absolute Gasteiger partial charge is 0.277 e. The Balaban J connectivity index is 1.95. The van der Waals surface area contributed by atoms with E-state index in [1.54, 1.807) is 43.5 Å². The highest BCUT2D eigenvalue weighted by atomic mass is 16.5. The number of nitrogens with zero attached hydrogens (tertiary/aromatic N) is 1. The Bertz CT molecular complexity index is 790. The molecule has 0 aliphatic carbocycles. The number of ether oxygens (including phenoxy) is 5. The summed E-state index contributed by atoms with van der Waals surface area (Å²) in [6, 6.07) is 10.4. The van der Waals surface area contributed by atoms with Crippen molar-refractivity contribution in [3.63, 3.8) is 0 Å². The summed E-state index contributed by atoms with van der Waals surface area (Å²) >= 11 is 0. The van der Waals surface area contributed by atoms with Crippen LogP contribution in [0.4, 0.5) is 0 Å². The van der Waals surface area contributed by atoms with Crippen LogP contribution in [0, 0.1) is 0 Å². The number of hydrogen-bond donors (Lipinski definition) is 1. The lowest BCUT2D eigenvalue weighted by molar-refractivity contribution is -0.123. The number of methoxy groups -OCH3 is 4. The van der Waals surface area contributed by atoms with Crippen LogP contribution in [0.1, 0.15) is 5.56 Å². The van der Waals surface area contributed by atoms with Gasteiger partial charge < -0.3 is 23.7 Å². The van der Waals surface area contributed by atoms with E-state index in [0.29, 0.717) is 34.3 Å². The van der Waals surface area contributed by atoms with Crippen molar-refractivity contribution in [2.24, 2.45) is 5.10 Å². The second-order valence-corrected chi connectivity index (χ2v) is 5.18. The fourth-order valence-corrected chi connectivity index (χ4v) is 2.25. The van der Waals surface area contributed by atoms with Crippen LogP contribution in [0.25, 0.3) is 0 Å². The lowest BCUT2D eigenvalue weighted by Gasteiger charge is -2.13. The Hall–Kier alpha value is -3.42. The summed E-state index contributed by atoms with van der Waals surface area (Å²) < 4.78 is 26.3. The van der Waals surface area contributed by atoms with Crippen LogP contribution in [-0.2, 0) is 4.79 Å². The highest BCUT2D eigenvalue weighted by Crippen LogP contribution is 2.38. The van der Waals surface area contributed by atoms with Crippen molar-refractivity contribution >= 4 is 12.1 Å². The maximum atomic E-state index is 11.9. The molecule has 2 rings (SSSR count). The molecule has 0 saturated heterocycles. The first-order valence-corrected chi connectivity index (χ1v) is 8.00. The van der Waals surface area contributed by atoms with E-state index in [2.05, 4.69) is 10.5 Å². The van der Waals surface area contributed by atoms with Crippen molar-refractivity contribution in [3.8, 4) is 28.7 Å². The fraction of sp³-hybridized carbons (Fsp3) is 0.263. The third-order valence-corrected chi connectivity index (χ3v) is 3.56. The number of carbonyl (C=O) groups excluding carboxylic acids is 1. The van der Waals surface area contributed by atoms with E-state index in [4.69, 9.17) is 23.7 Å². The van der Waals surface area contributed by atoms with Crippen molar-refractivity contribution < 1.29 is 28.5 Å². The third-order valence-electron chi connectivity index (χ3n) is 3.56. The predicted molar refractivity (Wildman–Crippen MR) is 100 cm³/mol. The van der Waals surface area contributed by atoms with Gasteiger partial charge in [0, 0.05) is 5.56 Å². The van der Waals surface area contributed by atoms with Gasteiger partial charge >= 0.3 is 0 Å². The molecular formula is C19H22N2O6. The van der Waals surface area contributed by atoms with Gasteiger partial charge in [0.05, 0.1) is 34.7 Å². The molecule has 1 N–H and O–H groups in total. The highest BCUT2D eigenvalue weighted by Gasteiger charge is 2.14. The second-order valence-electron chi connectivity index (χ2n) is 5.18. The maximum Gasteiger partial charge on any atom is 0.277 e. The first kappa shape index (κ1) is 19.9. The second kappa shape index (κ2) is 9.91. The molecule has 0 heterocycles. The number of hydrogen-bond acceptors (Lipinski definition) is 7. The Morgan fingerprint density at radius 3 is 2.15 bits per heavy atom. The van der Waals surface area contributed by atoms with Crippen molar-refractivity contribution in [2.75, 3.05) is 35.0 Å². The van der Waals surface area contributed by atoms with Crippen LogP contribution in [0.2, 0.25) is 0 Å². The van der Waals surface area contributed by atoms with E-state index in [-0.39, 0.29) is 6.61 Å². The van der Waals surface area contributed by atoms with Crippen LogP contribution in [-0.4, -0.2) is 47.2 Å². The molecule has 0 aliphatic heterocycles. The van der Waals surface area contributed by atoms with Gasteiger partial charge in [-0.05, 0) is 36.4 Å². The fourth-order valence-electron chi connectivity index (χ4n) is 2.25. The zero-order valence-corrected chi connectivity index (χ0v) is 15.6. The Kier molecular flexibility index (Phi) is 7.30. The predicted octanol–water partition coefficient (Wildman–Crippen LogP) is 2.25. The molecule has 0 aromatic heterocycles. The van der Waals surface area contributed by atoms with Crippen LogP contribution >= 0.6 is 0 Å². The summed E-state index contributed by atoms with van der Waals surface area (Å²) in [7, 11) is 6.14. The van der Waals surface area contributed by atoms with E-state index in [0.717, 1.165) is 0 Å². The number of rotatable bonds is 9. The molecule has 0 radical (unpaired) electrons. The Morgan fingerprint density at radius 1 is 0.889 bits per heavy atom. The molecule has 2 aromatic rings. The van der Waals surface area contributed by atoms with Gasteiger partial charge in [0.2, 0.25) is 5.75 Å². The molecule has 0 saturated carbocycles. The van der Waals surface area contributed by atoms with E-state index in [1.807, 2.05) is 0 Å². The third kappa shape index (κ3) is 5.27. The summed E-state index contributed by atoms with van der Waals surface area (Å²) in [5.74, 6) is 2.28. The van der Waals surface area contributed by atoms with E-state index < -0.39 is 5.91 Å². The SMILES string of the molecule is COc1ccc(OCC(=O)N/N=C\c2ccc(OC)c(OC)c2OC)cc1. The summed E-state index contributed by atoms with van der Waals surface area (Å²) in [4.78, 5) is 11.9. The van der Waals surface area contributed by atoms with Crippen molar-refractivity contribution in [2.45, 2.75) is 0 Å². The lowest BCUT2D eigenvalue weighted by atomic mass is 10.2. The minimum absolute atomic E-state index is 0.174. The molecule has 0 spiro atoms. The molecule has 1 amide bonds. The topological polar surface area (TPSA) is 87.6 Å². The monoisotopic (exact) mass is 374 g/mol. The van der Waals surface area contributed by atoms with E-state index >= 15 is 0 Å². The van der Waals surface area contributed by atoms with Gasteiger partial charge in [-0.1, -0.05) is 0 Å². The van der Waals surface area contributed by atoms with E-state index in [9.17, 15) is 4.79 Å². The number of benzene rings is 2. The minimum atomic E-state index is -0.401. The van der Waals surface area contributed by atoms with Crippen molar-refractivity contribution in [1.29, 1.82) is 0 Å². The standard InChI is InChI=1S/C19H22N2O6/c1-23-14-6-8-15(9-7-14)27-12-17(22)21-20-11-13-5-10-16(24-2)19(26-4)18(13)25-3/h5-11H,12H2,1-4H3,(H,21,22)/b20-11-. The van der Waals surface area contributed by atoms with Crippen LogP contribution in [0.3, 0.4) is 0 Å². The molecule has 0 bridgehead atoms. The molecule has 2 aromatic carbocycles. The molecule has 8 nitrogen and oxygen atoms in total. The van der Waals surface area contributed by atoms with Crippen LogP contribution in [0.5, 0.6) is 28.7 Å². The summed E-state index contributed by atoms with van der Waals surface area (Å²) in [6.45, 7) is -0.174. The zero-order chi connectivity index (χ0) is 19.6. The van der Waals surface area contributed by atoms with Gasteiger partial charge in [-0.25, -0.2) is 5.43 Å². The van der Waals surface area contributed by atoms with Gasteiger partial charge in [-0.15, -0.1) is 0 Å². The molecule has 0 atom stereocenters. The van der Waals surface area contributed by atoms with Crippen LogP contribution < -0.4 is 29.1 Å². The van der Waals surface area contributed by atoms with Crippen LogP contribution in [0.15, 0.2) is 41.5 Å². The quantitative estimate of drug-likeness (QED) is 0.535. The van der Waals surface area contributed by atoms with Gasteiger partial charge in [0.15, 0.2) is 18.1 Å². The molecule has 0 fully saturated rings. The molecule has 0 unspecified atom stereocenters. The van der Waals surface area contributed by atoms with Gasteiger partial charge in [0.1, 0.15) is 11.5 Å². The summed E-state index contributed by atoms with van der Waals surface area (Å²) in [5.41, 5.74) is 3.01. The first-order valence-electron chi connectivity index (χ1n) is 8.00. The van der Waals surface area contributed by atoms with Crippen molar-refractivity contribution in [3.05, 3.63) is 42.0 Å². The zero-order valence-electron chi connectivity index (χ0n) is 15.6. The highest BCUT2D eigenvalue weighted by molar-refractivity contribution is 5.87. The molecule has 144 valence electrons. The number of amides is 1. The normalized spacial score (nSPS) is 10.4. The average Bonchev–Trinajstić information content (AvgIpc) is 2.71. The Morgan fingerprint density at radius 2 is 1.56 bits per heavy atom. The van der Waals surface area contributed by atoms with Gasteiger partial charge in [-0.3, -0.25) is 4.79 Å². The van der Waals surface area contributed by atoms with Crippen molar-refractivity contribution in [1.82, 2.24) is 5.43 Å². The maximum absolute atomic E-state index is 11.9. The first-order chi connectivity index (χ1) is 13.1. The molecule has 0 aliphatic rings. The molecule has 8 heteroatoms. The number of nitrogens with one attached hydrogen (secondary N) is 1. The van der Waals surface area contributed by atoms with Gasteiger partial charge in [-0.2, -0.15) is 5.10 Å². The number of hydrazone groups is 1. The summed E-state index contributed by atoms with van der Waals surface area (Å²) in [6.07, 6.45) is 1.45. The lowest BCUT2D eigenvalue weighted by Crippen LogP contribution is -2.24. The van der Waals surface area contributed by atoms with E-state index in [1.165, 1.54) is 27.5 Å². The number of carbonyl (C=O) groups is 1. The summed E-state index contributed by atoms with van der Waals surface area (Å²) in [5, 5.41) is 3.92. The minimum Gasteiger partial charge on any atom is -0.497 e.